The molecule has 4 heteroatoms. The second kappa shape index (κ2) is 5.49. The number of fused-ring (bicyclic) bond motifs is 1. The van der Waals surface area contributed by atoms with Crippen LogP contribution in [0.4, 0.5) is 0 Å². The van der Waals surface area contributed by atoms with Crippen LogP contribution in [-0.4, -0.2) is 11.9 Å². The molecule has 1 aliphatic carbocycles. The molecule has 2 aromatic rings. The zero-order chi connectivity index (χ0) is 14.1. The summed E-state index contributed by atoms with van der Waals surface area (Å²) < 4.78 is 5.59. The maximum Gasteiger partial charge on any atom is 0.287 e. The summed E-state index contributed by atoms with van der Waals surface area (Å²) in [6.45, 7) is 2.20. The highest BCUT2D eigenvalue weighted by molar-refractivity contribution is 6.31. The lowest BCUT2D eigenvalue weighted by Gasteiger charge is -2.29. The first kappa shape index (κ1) is 13.5. The Balaban J connectivity index is 1.78. The highest BCUT2D eigenvalue weighted by Crippen LogP contribution is 2.26. The smallest absolute Gasteiger partial charge is 0.287 e. The van der Waals surface area contributed by atoms with Gasteiger partial charge in [0.15, 0.2) is 5.76 Å². The van der Waals surface area contributed by atoms with E-state index in [1.54, 1.807) is 24.3 Å². The lowest BCUT2D eigenvalue weighted by molar-refractivity contribution is 0.0884. The minimum atomic E-state index is -0.129. The molecule has 106 valence electrons. The van der Waals surface area contributed by atoms with Crippen molar-refractivity contribution in [3.63, 3.8) is 0 Å². The molecular formula is C16H18ClNO2. The third-order valence-corrected chi connectivity index (χ3v) is 4.37. The van der Waals surface area contributed by atoms with Crippen molar-refractivity contribution in [1.29, 1.82) is 0 Å². The SMILES string of the molecule is C[C@@H]1CCCC[C@H]1NC(=O)c1cc2cc(Cl)ccc2o1. The Morgan fingerprint density at radius 3 is 2.90 bits per heavy atom. The first-order valence-corrected chi connectivity index (χ1v) is 7.51. The molecule has 1 N–H and O–H groups in total. The number of amides is 1. The number of halogens is 1. The molecule has 3 rings (SSSR count). The average molecular weight is 292 g/mol. The standard InChI is InChI=1S/C16H18ClNO2/c1-10-4-2-3-5-13(10)18-16(19)15-9-11-8-12(17)6-7-14(11)20-15/h6-10,13H,2-5H2,1H3,(H,18,19)/t10-,13-/m1/s1. The monoisotopic (exact) mass is 291 g/mol. The highest BCUT2D eigenvalue weighted by atomic mass is 35.5. The third kappa shape index (κ3) is 2.68. The normalized spacial score (nSPS) is 22.9. The Morgan fingerprint density at radius 1 is 1.30 bits per heavy atom. The minimum Gasteiger partial charge on any atom is -0.451 e. The van der Waals surface area contributed by atoms with Crippen molar-refractivity contribution in [3.05, 3.63) is 35.0 Å². The summed E-state index contributed by atoms with van der Waals surface area (Å²) in [6.07, 6.45) is 4.68. The van der Waals surface area contributed by atoms with Crippen LogP contribution in [-0.2, 0) is 0 Å². The van der Waals surface area contributed by atoms with Gasteiger partial charge in [0.05, 0.1) is 0 Å². The summed E-state index contributed by atoms with van der Waals surface area (Å²) in [6, 6.07) is 7.37. The second-order valence-corrected chi connectivity index (χ2v) is 6.07. The number of furan rings is 1. The van der Waals surface area contributed by atoms with Crippen LogP contribution < -0.4 is 5.32 Å². The van der Waals surface area contributed by atoms with Crippen LogP contribution in [0.1, 0.15) is 43.2 Å². The van der Waals surface area contributed by atoms with Gasteiger partial charge in [-0.1, -0.05) is 31.4 Å². The average Bonchev–Trinajstić information content (AvgIpc) is 2.84. The summed E-state index contributed by atoms with van der Waals surface area (Å²) in [7, 11) is 0. The van der Waals surface area contributed by atoms with Gasteiger partial charge in [0, 0.05) is 16.5 Å². The highest BCUT2D eigenvalue weighted by Gasteiger charge is 2.24. The van der Waals surface area contributed by atoms with Crippen molar-refractivity contribution in [1.82, 2.24) is 5.32 Å². The summed E-state index contributed by atoms with van der Waals surface area (Å²) in [5.74, 6) is 0.766. The number of hydrogen-bond donors (Lipinski definition) is 1. The van der Waals surface area contributed by atoms with Gasteiger partial charge < -0.3 is 9.73 Å². The Labute approximate surface area is 123 Å². The molecular weight excluding hydrogens is 274 g/mol. The molecule has 0 spiro atoms. The predicted molar refractivity (Wildman–Crippen MR) is 80.1 cm³/mol. The second-order valence-electron chi connectivity index (χ2n) is 5.63. The Morgan fingerprint density at radius 2 is 2.10 bits per heavy atom. The molecule has 1 saturated carbocycles. The molecule has 1 fully saturated rings. The summed E-state index contributed by atoms with van der Waals surface area (Å²) in [4.78, 5) is 12.3. The van der Waals surface area contributed by atoms with Gasteiger partial charge in [-0.2, -0.15) is 0 Å². The number of nitrogens with one attached hydrogen (secondary N) is 1. The van der Waals surface area contributed by atoms with E-state index < -0.39 is 0 Å². The number of carbonyl (C=O) groups is 1. The van der Waals surface area contributed by atoms with Crippen LogP contribution in [0.3, 0.4) is 0 Å². The van der Waals surface area contributed by atoms with Crippen LogP contribution in [0.25, 0.3) is 11.0 Å². The van der Waals surface area contributed by atoms with Crippen molar-refractivity contribution in [2.45, 2.75) is 38.6 Å². The minimum absolute atomic E-state index is 0.129. The van der Waals surface area contributed by atoms with Crippen molar-refractivity contribution >= 4 is 28.5 Å². The van der Waals surface area contributed by atoms with Gasteiger partial charge in [0.1, 0.15) is 5.58 Å². The largest absolute Gasteiger partial charge is 0.451 e. The Bertz CT molecular complexity index is 634. The summed E-state index contributed by atoms with van der Waals surface area (Å²) in [5, 5.41) is 4.60. The molecule has 3 nitrogen and oxygen atoms in total. The van der Waals surface area contributed by atoms with Gasteiger partial charge in [-0.05, 0) is 43.0 Å². The number of hydrogen-bond acceptors (Lipinski definition) is 2. The molecule has 1 aromatic heterocycles. The van der Waals surface area contributed by atoms with E-state index in [4.69, 9.17) is 16.0 Å². The van der Waals surface area contributed by atoms with Crippen LogP contribution in [0, 0.1) is 5.92 Å². The molecule has 0 aliphatic heterocycles. The van der Waals surface area contributed by atoms with E-state index in [0.29, 0.717) is 22.3 Å². The molecule has 0 unspecified atom stereocenters. The van der Waals surface area contributed by atoms with Crippen LogP contribution in [0.15, 0.2) is 28.7 Å². The first-order chi connectivity index (χ1) is 9.63. The number of benzene rings is 1. The van der Waals surface area contributed by atoms with E-state index in [1.165, 1.54) is 19.3 Å². The molecule has 1 amide bonds. The van der Waals surface area contributed by atoms with Gasteiger partial charge in [0.25, 0.3) is 5.91 Å². The van der Waals surface area contributed by atoms with Gasteiger partial charge in [-0.15, -0.1) is 0 Å². The van der Waals surface area contributed by atoms with E-state index in [1.807, 2.05) is 0 Å². The zero-order valence-corrected chi connectivity index (χ0v) is 12.2. The molecule has 20 heavy (non-hydrogen) atoms. The topological polar surface area (TPSA) is 42.2 Å². The lowest BCUT2D eigenvalue weighted by Crippen LogP contribution is -2.40. The summed E-state index contributed by atoms with van der Waals surface area (Å²) >= 11 is 5.94. The Kier molecular flexibility index (Phi) is 3.70. The fraction of sp³-hybridized carbons (Fsp3) is 0.438. The summed E-state index contributed by atoms with van der Waals surface area (Å²) in [5.41, 5.74) is 0.691. The van der Waals surface area contributed by atoms with Crippen LogP contribution >= 0.6 is 11.6 Å². The van der Waals surface area contributed by atoms with Crippen LogP contribution in [0.2, 0.25) is 5.02 Å². The van der Waals surface area contributed by atoms with Crippen LogP contribution in [0.5, 0.6) is 0 Å². The number of carbonyl (C=O) groups excluding carboxylic acids is 1. The molecule has 0 saturated heterocycles. The number of rotatable bonds is 2. The maximum atomic E-state index is 12.3. The zero-order valence-electron chi connectivity index (χ0n) is 11.5. The van der Waals surface area contributed by atoms with Crippen molar-refractivity contribution < 1.29 is 9.21 Å². The lowest BCUT2D eigenvalue weighted by atomic mass is 9.86. The Hall–Kier alpha value is -1.48. The maximum absolute atomic E-state index is 12.3. The van der Waals surface area contributed by atoms with Gasteiger partial charge in [-0.25, -0.2) is 0 Å². The quantitative estimate of drug-likeness (QED) is 0.891. The van der Waals surface area contributed by atoms with Gasteiger partial charge in [-0.3, -0.25) is 4.79 Å². The van der Waals surface area contributed by atoms with E-state index in [2.05, 4.69) is 12.2 Å². The molecule has 1 aromatic carbocycles. The fourth-order valence-electron chi connectivity index (χ4n) is 2.90. The van der Waals surface area contributed by atoms with E-state index >= 15 is 0 Å². The molecule has 1 aliphatic rings. The van der Waals surface area contributed by atoms with Gasteiger partial charge >= 0.3 is 0 Å². The van der Waals surface area contributed by atoms with Crippen molar-refractivity contribution in [2.75, 3.05) is 0 Å². The van der Waals surface area contributed by atoms with E-state index in [-0.39, 0.29) is 11.9 Å². The first-order valence-electron chi connectivity index (χ1n) is 7.13. The van der Waals surface area contributed by atoms with Crippen molar-refractivity contribution in [3.8, 4) is 0 Å². The predicted octanol–water partition coefficient (Wildman–Crippen LogP) is 4.39. The van der Waals surface area contributed by atoms with E-state index in [0.717, 1.165) is 11.8 Å². The molecule has 1 heterocycles. The molecule has 0 bridgehead atoms. The molecule has 2 atom stereocenters. The van der Waals surface area contributed by atoms with E-state index in [9.17, 15) is 4.79 Å². The third-order valence-electron chi connectivity index (χ3n) is 4.13. The van der Waals surface area contributed by atoms with Crippen molar-refractivity contribution in [2.24, 2.45) is 5.92 Å². The van der Waals surface area contributed by atoms with Gasteiger partial charge in [0.2, 0.25) is 0 Å². The molecule has 0 radical (unpaired) electrons. The fourth-order valence-corrected chi connectivity index (χ4v) is 3.08.